The number of phenolic OH excluding ortho intramolecular Hbond substituents is 1. The van der Waals surface area contributed by atoms with Gasteiger partial charge in [-0.3, -0.25) is 24.5 Å². The summed E-state index contributed by atoms with van der Waals surface area (Å²) in [6.07, 6.45) is 0. The predicted molar refractivity (Wildman–Crippen MR) is 568 cm³/mol. The third kappa shape index (κ3) is 20.2. The lowest BCUT2D eigenvalue weighted by molar-refractivity contribution is 0.202. The van der Waals surface area contributed by atoms with Crippen LogP contribution < -0.4 is 82.2 Å². The summed E-state index contributed by atoms with van der Waals surface area (Å²) >= 11 is 0. The van der Waals surface area contributed by atoms with Crippen LogP contribution in [0.3, 0.4) is 0 Å². The minimum absolute atomic E-state index is 0.00379. The van der Waals surface area contributed by atoms with Crippen LogP contribution in [0.5, 0.6) is 74.7 Å². The first-order chi connectivity index (χ1) is 72.1. The Kier molecular flexibility index (Phi) is 27.8. The van der Waals surface area contributed by atoms with E-state index in [9.17, 15) is 37.9 Å². The number of carbonyl (C=O) groups is 5. The molecule has 10 aliphatic rings. The highest BCUT2D eigenvalue weighted by molar-refractivity contribution is 6.08. The summed E-state index contributed by atoms with van der Waals surface area (Å²) in [5.74, 6) is 7.54. The molecule has 5 saturated heterocycles. The molecule has 0 radical (unpaired) electrons. The van der Waals surface area contributed by atoms with E-state index in [1.165, 1.54) is 17.8 Å². The minimum Gasteiger partial charge on any atom is -0.508 e. The van der Waals surface area contributed by atoms with Crippen molar-refractivity contribution in [1.82, 2.24) is 24.5 Å². The second-order valence-corrected chi connectivity index (χ2v) is 36.0. The summed E-state index contributed by atoms with van der Waals surface area (Å²) in [5.41, 5.74) is 12.5. The highest BCUT2D eigenvalue weighted by atomic mass is 19.1. The number of hydrogen-bond donors (Lipinski definition) is 1. The molecule has 147 heavy (non-hydrogen) atoms. The third-order valence-corrected chi connectivity index (χ3v) is 27.3. The largest absolute Gasteiger partial charge is 0.508 e. The standard InChI is InChI=1S/2C24H23N3O3.C23H19F2N3O2.C23H21N3O3.C23H21N3O2/c1-29-21-11-5-2-8-18(21)25-14-16-26(17-15-25)24(28)27-19-9-3-6-12-22(19)30-23-13-7-4-10-20(23)27;1-29-19-8-6-7-18(17-19)25-13-15-26(16-14-25)24(28)27-20-9-2-4-11-22(20)30-23-12-5-3-10-21(23)27;24-16-13-17(25)15-18(14-16)26-9-11-27(12-10-26)23(29)28-19-5-1-3-7-21(19)30-22-8-4-2-6-20(22)28;27-18-11-9-17(10-12-18)24-13-15-25(16-14-24)23(28)26-19-5-1-3-7-21(19)29-22-8-4-2-6-20(22)26;27-23(25-16-14-24(15-17-25)18-8-2-1-3-9-18)26-19-10-4-6-12-21(19)28-22-13-7-5-11-20(22)26/h2-13H,14-17H2,1H3;2-12,17H,13-16H2,1H3;1-8,13-15H,9-12H2;1-12,27H,13-16H2;1-13H,14-17H2. The van der Waals surface area contributed by atoms with Gasteiger partial charge >= 0.3 is 30.2 Å². The first-order valence-corrected chi connectivity index (χ1v) is 49.2. The van der Waals surface area contributed by atoms with Gasteiger partial charge in [-0.2, -0.15) is 0 Å². The number of anilines is 15. The average Bonchev–Trinajstić information content (AvgIpc) is 0.774. The van der Waals surface area contributed by atoms with Crippen molar-refractivity contribution in [2.45, 2.75) is 0 Å². The number of urea groups is 5. The summed E-state index contributed by atoms with van der Waals surface area (Å²) in [7, 11) is 3.36. The van der Waals surface area contributed by atoms with Crippen molar-refractivity contribution in [3.8, 4) is 74.7 Å². The molecule has 25 rings (SSSR count). The molecule has 1 N–H and O–H groups in total. The molecule has 0 saturated carbocycles. The maximum atomic E-state index is 13.6. The second kappa shape index (κ2) is 43.0. The summed E-state index contributed by atoms with van der Waals surface area (Å²) < 4.78 is 67.9. The van der Waals surface area contributed by atoms with Crippen LogP contribution in [0.4, 0.5) is 118 Å². The van der Waals surface area contributed by atoms with Crippen LogP contribution >= 0.6 is 0 Å². The highest BCUT2D eigenvalue weighted by Crippen LogP contribution is 2.53. The van der Waals surface area contributed by atoms with Crippen LogP contribution in [0.25, 0.3) is 0 Å². The Labute approximate surface area is 850 Å². The van der Waals surface area contributed by atoms with Gasteiger partial charge in [-0.1, -0.05) is 158 Å². The summed E-state index contributed by atoms with van der Waals surface area (Å²) in [6.45, 7) is 13.2. The normalized spacial score (nSPS) is 15.3. The molecule has 5 fully saturated rings. The maximum Gasteiger partial charge on any atom is 0.329 e. The lowest BCUT2D eigenvalue weighted by atomic mass is 10.1. The molecule has 15 aromatic rings. The van der Waals surface area contributed by atoms with E-state index in [0.717, 1.165) is 132 Å². The molecular weight excluding hydrogens is 1860 g/mol. The smallest absolute Gasteiger partial charge is 0.329 e. The van der Waals surface area contributed by atoms with Crippen molar-refractivity contribution in [3.05, 3.63) is 376 Å². The topological polar surface area (TPSA) is 219 Å². The Morgan fingerprint density at radius 3 is 0.714 bits per heavy atom. The number of hydrogen-bond acceptors (Lipinski definition) is 18. The summed E-state index contributed by atoms with van der Waals surface area (Å²) in [6, 6.07) is 113. The third-order valence-electron chi connectivity index (χ3n) is 27.3. The number of aromatic hydroxyl groups is 1. The molecule has 30 heteroatoms. The minimum atomic E-state index is -0.606. The van der Waals surface area contributed by atoms with Gasteiger partial charge in [-0.25, -0.2) is 32.8 Å². The van der Waals surface area contributed by atoms with E-state index >= 15 is 0 Å². The van der Waals surface area contributed by atoms with E-state index < -0.39 is 11.6 Å². The van der Waals surface area contributed by atoms with Crippen LogP contribution in [-0.2, 0) is 0 Å². The van der Waals surface area contributed by atoms with Crippen molar-refractivity contribution in [2.75, 3.05) is 194 Å². The van der Waals surface area contributed by atoms with Gasteiger partial charge in [0.1, 0.15) is 28.9 Å². The van der Waals surface area contributed by atoms with E-state index in [0.29, 0.717) is 153 Å². The first-order valence-electron chi connectivity index (χ1n) is 49.2. The van der Waals surface area contributed by atoms with E-state index in [2.05, 4.69) is 56.0 Å². The van der Waals surface area contributed by atoms with E-state index in [-0.39, 0.29) is 35.9 Å². The summed E-state index contributed by atoms with van der Waals surface area (Å²) in [4.78, 5) is 96.8. The van der Waals surface area contributed by atoms with Gasteiger partial charge in [0.2, 0.25) is 0 Å². The number of halogens is 2. The van der Waals surface area contributed by atoms with Crippen molar-refractivity contribution >= 4 is 115 Å². The van der Waals surface area contributed by atoms with Gasteiger partial charge < -0.3 is 87.3 Å². The Morgan fingerprint density at radius 1 is 0.218 bits per heavy atom. The molecule has 10 aliphatic heterocycles. The number of carbonyl (C=O) groups excluding carboxylic acids is 5. The van der Waals surface area contributed by atoms with Gasteiger partial charge in [0, 0.05) is 166 Å². The number of piperazine rings is 5. The number of phenols is 1. The second-order valence-electron chi connectivity index (χ2n) is 36.0. The van der Waals surface area contributed by atoms with Gasteiger partial charge in [0.15, 0.2) is 57.5 Å². The Bertz CT molecular complexity index is 7050. The van der Waals surface area contributed by atoms with Crippen LogP contribution in [0.2, 0.25) is 0 Å². The van der Waals surface area contributed by atoms with Gasteiger partial charge in [0.05, 0.1) is 76.8 Å². The maximum absolute atomic E-state index is 13.6. The molecule has 15 aromatic carbocycles. The first kappa shape index (κ1) is 95.1. The number of rotatable bonds is 7. The van der Waals surface area contributed by atoms with E-state index in [1.807, 2.05) is 322 Å². The Balaban J connectivity index is 0.000000108. The number of ether oxygens (including phenoxy) is 7. The molecule has 0 bridgehead atoms. The van der Waals surface area contributed by atoms with Crippen molar-refractivity contribution in [1.29, 1.82) is 0 Å². The monoisotopic (exact) mass is 1970 g/mol. The zero-order valence-electron chi connectivity index (χ0n) is 81.1. The lowest BCUT2D eigenvalue weighted by Gasteiger charge is -2.40. The van der Waals surface area contributed by atoms with Crippen LogP contribution in [-0.4, -0.2) is 205 Å². The molecule has 0 spiro atoms. The SMILES string of the molecule is COc1cccc(N2CCN(C(=O)N3c4ccccc4Oc4ccccc43)CC2)c1.COc1ccccc1N1CCN(C(=O)N2c3ccccc3Oc3ccccc32)CC1.O=C(N1CCN(c2cc(F)cc(F)c2)CC1)N1c2ccccc2Oc2ccccc21.O=C(N1CCN(c2ccc(O)cc2)CC1)N1c2ccccc2Oc2ccccc21.O=C(N1CCN(c2ccccc2)CC1)N1c2ccccc2Oc2ccccc21. The zero-order valence-corrected chi connectivity index (χ0v) is 81.1. The fourth-order valence-electron chi connectivity index (χ4n) is 19.7. The van der Waals surface area contributed by atoms with Crippen LogP contribution in [0.15, 0.2) is 364 Å². The van der Waals surface area contributed by atoms with Crippen molar-refractivity contribution < 1.29 is 71.0 Å². The predicted octanol–water partition coefficient (Wildman–Crippen LogP) is 24.4. The number of para-hydroxylation sites is 23. The summed E-state index contributed by atoms with van der Waals surface area (Å²) in [5, 5.41) is 9.49. The zero-order chi connectivity index (χ0) is 100. The van der Waals surface area contributed by atoms with Crippen LogP contribution in [0, 0.1) is 11.6 Å². The van der Waals surface area contributed by atoms with E-state index in [4.69, 9.17) is 33.2 Å². The number of benzene rings is 15. The molecule has 0 unspecified atom stereocenters. The lowest BCUT2D eigenvalue weighted by Crippen LogP contribution is -2.52. The Morgan fingerprint density at radius 2 is 0.442 bits per heavy atom. The molecule has 0 atom stereocenters. The molecule has 28 nitrogen and oxygen atoms in total. The van der Waals surface area contributed by atoms with E-state index in [1.54, 1.807) is 55.8 Å². The number of amides is 10. The average molecular weight is 1970 g/mol. The number of fused-ring (bicyclic) bond motifs is 10. The molecule has 0 aromatic heterocycles. The fourth-order valence-corrected chi connectivity index (χ4v) is 19.7. The molecule has 10 amide bonds. The molecular formula is C117H107F2N15O13. The van der Waals surface area contributed by atoms with Crippen molar-refractivity contribution in [2.24, 2.45) is 0 Å². The number of nitrogens with zero attached hydrogens (tertiary/aromatic N) is 15. The fraction of sp³-hybridized carbons (Fsp3) is 0.188. The van der Waals surface area contributed by atoms with Crippen LogP contribution in [0.1, 0.15) is 0 Å². The molecule has 10 heterocycles. The molecule has 742 valence electrons. The van der Waals surface area contributed by atoms with Gasteiger partial charge in [-0.15, -0.1) is 0 Å². The van der Waals surface area contributed by atoms with Gasteiger partial charge in [0.25, 0.3) is 0 Å². The van der Waals surface area contributed by atoms with Gasteiger partial charge in [-0.05, 0) is 194 Å². The highest BCUT2D eigenvalue weighted by Gasteiger charge is 2.41. The molecule has 0 aliphatic carbocycles. The van der Waals surface area contributed by atoms with Crippen molar-refractivity contribution in [3.63, 3.8) is 0 Å². The quantitative estimate of drug-likeness (QED) is 0.157. The number of methoxy groups -OCH3 is 2. The Hall–Kier alpha value is -18.1.